The van der Waals surface area contributed by atoms with E-state index in [1.807, 2.05) is 48.5 Å². The normalized spacial score (nSPS) is 10.5. The maximum absolute atomic E-state index is 9.54. The number of anilines is 2. The van der Waals surface area contributed by atoms with Crippen molar-refractivity contribution in [1.82, 2.24) is 0 Å². The Morgan fingerprint density at radius 3 is 1.57 bits per heavy atom. The second-order valence-electron chi connectivity index (χ2n) is 6.70. The zero-order chi connectivity index (χ0) is 21.1. The maximum Gasteiger partial charge on any atom is 0.138 e. The van der Waals surface area contributed by atoms with Gasteiger partial charge in [0.05, 0.1) is 11.4 Å². The van der Waals surface area contributed by atoms with Crippen molar-refractivity contribution in [3.63, 3.8) is 0 Å². The van der Waals surface area contributed by atoms with Crippen LogP contribution in [-0.2, 0) is 0 Å². The molecule has 4 rings (SSSR count). The van der Waals surface area contributed by atoms with Gasteiger partial charge in [0.1, 0.15) is 34.5 Å². The van der Waals surface area contributed by atoms with Gasteiger partial charge in [-0.25, -0.2) is 0 Å². The van der Waals surface area contributed by atoms with Crippen LogP contribution in [0, 0.1) is 0 Å². The number of hydrogen-bond donors (Lipinski definition) is 4. The minimum atomic E-state index is 0.0217. The molecule has 0 aliphatic carbocycles. The molecule has 4 aromatic carbocycles. The van der Waals surface area contributed by atoms with Crippen LogP contribution in [-0.4, -0.2) is 10.2 Å². The van der Waals surface area contributed by atoms with E-state index in [4.69, 9.17) is 20.9 Å². The van der Waals surface area contributed by atoms with Gasteiger partial charge in [-0.3, -0.25) is 0 Å². The molecule has 0 aliphatic heterocycles. The lowest BCUT2D eigenvalue weighted by atomic mass is 10.1. The Hall–Kier alpha value is -4.32. The molecular weight excluding hydrogens is 380 g/mol. The van der Waals surface area contributed by atoms with E-state index in [-0.39, 0.29) is 22.9 Å². The molecule has 0 unspecified atom stereocenters. The summed E-state index contributed by atoms with van der Waals surface area (Å²) in [7, 11) is 0. The van der Waals surface area contributed by atoms with Crippen LogP contribution >= 0.6 is 0 Å². The highest BCUT2D eigenvalue weighted by Crippen LogP contribution is 2.33. The van der Waals surface area contributed by atoms with E-state index in [0.717, 1.165) is 11.1 Å². The summed E-state index contributed by atoms with van der Waals surface area (Å²) in [5.41, 5.74) is 13.9. The standard InChI is InChI=1S/C24H20N2O4/c25-21-13-19(8-10-23(21)27)29-17-6-4-15(5-7-17)16-2-1-3-18(12-16)30-20-9-11-24(28)22(26)14-20/h1-14,27-28H,25-26H2. The van der Waals surface area contributed by atoms with Crippen LogP contribution in [0.4, 0.5) is 11.4 Å². The van der Waals surface area contributed by atoms with Crippen molar-refractivity contribution >= 4 is 11.4 Å². The van der Waals surface area contributed by atoms with Gasteiger partial charge in [0.15, 0.2) is 0 Å². The molecule has 0 saturated heterocycles. The van der Waals surface area contributed by atoms with E-state index in [1.54, 1.807) is 24.3 Å². The molecule has 0 bridgehead atoms. The number of phenols is 2. The second kappa shape index (κ2) is 7.97. The van der Waals surface area contributed by atoms with Crippen LogP contribution in [0.5, 0.6) is 34.5 Å². The Morgan fingerprint density at radius 1 is 0.500 bits per heavy atom. The quantitative estimate of drug-likeness (QED) is 0.259. The van der Waals surface area contributed by atoms with Crippen molar-refractivity contribution in [2.45, 2.75) is 0 Å². The van der Waals surface area contributed by atoms with Crippen LogP contribution in [0.3, 0.4) is 0 Å². The topological polar surface area (TPSA) is 111 Å². The molecule has 0 atom stereocenters. The number of hydrogen-bond acceptors (Lipinski definition) is 6. The summed E-state index contributed by atoms with van der Waals surface area (Å²) in [6.07, 6.45) is 0. The van der Waals surface area contributed by atoms with Gasteiger partial charge < -0.3 is 31.2 Å². The van der Waals surface area contributed by atoms with E-state index in [1.165, 1.54) is 12.1 Å². The van der Waals surface area contributed by atoms with E-state index in [2.05, 4.69) is 0 Å². The molecule has 6 nitrogen and oxygen atoms in total. The SMILES string of the molecule is Nc1cc(Oc2ccc(-c3cccc(Oc4ccc(O)c(N)c4)c3)cc2)ccc1O. The molecule has 0 amide bonds. The average Bonchev–Trinajstić information content (AvgIpc) is 2.74. The molecule has 30 heavy (non-hydrogen) atoms. The maximum atomic E-state index is 9.54. The van der Waals surface area contributed by atoms with E-state index in [0.29, 0.717) is 23.0 Å². The third kappa shape index (κ3) is 4.23. The lowest BCUT2D eigenvalue weighted by molar-refractivity contribution is 0.466. The van der Waals surface area contributed by atoms with Gasteiger partial charge in [0.2, 0.25) is 0 Å². The molecule has 0 heterocycles. The summed E-state index contributed by atoms with van der Waals surface area (Å²) in [4.78, 5) is 0. The molecule has 4 aromatic rings. The monoisotopic (exact) mass is 400 g/mol. The highest BCUT2D eigenvalue weighted by Gasteiger charge is 2.06. The summed E-state index contributed by atoms with van der Waals surface area (Å²) in [6, 6.07) is 24.7. The first-order chi connectivity index (χ1) is 14.5. The van der Waals surface area contributed by atoms with Crippen molar-refractivity contribution in [1.29, 1.82) is 0 Å². The Labute approximate surface area is 173 Å². The molecule has 0 spiro atoms. The number of ether oxygens (including phenoxy) is 2. The molecule has 0 fully saturated rings. The summed E-state index contributed by atoms with van der Waals surface area (Å²) >= 11 is 0. The summed E-state index contributed by atoms with van der Waals surface area (Å²) < 4.78 is 11.6. The third-order valence-electron chi connectivity index (χ3n) is 4.49. The van der Waals surface area contributed by atoms with Crippen LogP contribution in [0.2, 0.25) is 0 Å². The predicted molar refractivity (Wildman–Crippen MR) is 117 cm³/mol. The summed E-state index contributed by atoms with van der Waals surface area (Å²) in [5, 5.41) is 19.0. The van der Waals surface area contributed by atoms with E-state index < -0.39 is 0 Å². The van der Waals surface area contributed by atoms with Crippen LogP contribution in [0.25, 0.3) is 11.1 Å². The van der Waals surface area contributed by atoms with Crippen molar-refractivity contribution in [3.8, 4) is 45.6 Å². The first-order valence-electron chi connectivity index (χ1n) is 9.21. The highest BCUT2D eigenvalue weighted by molar-refractivity contribution is 5.66. The van der Waals surface area contributed by atoms with Gasteiger partial charge in [-0.2, -0.15) is 0 Å². The number of nitrogen functional groups attached to an aromatic ring is 2. The fourth-order valence-electron chi connectivity index (χ4n) is 2.92. The van der Waals surface area contributed by atoms with Gasteiger partial charge in [-0.05, 0) is 59.7 Å². The molecule has 0 saturated carbocycles. The zero-order valence-electron chi connectivity index (χ0n) is 15.9. The number of rotatable bonds is 5. The van der Waals surface area contributed by atoms with Crippen molar-refractivity contribution < 1.29 is 19.7 Å². The average molecular weight is 400 g/mol. The largest absolute Gasteiger partial charge is 0.506 e. The first-order valence-corrected chi connectivity index (χ1v) is 9.21. The van der Waals surface area contributed by atoms with Crippen molar-refractivity contribution in [2.75, 3.05) is 11.5 Å². The molecular formula is C24H20N2O4. The minimum Gasteiger partial charge on any atom is -0.506 e. The fraction of sp³-hybridized carbons (Fsp3) is 0. The number of benzene rings is 4. The Balaban J connectivity index is 1.50. The van der Waals surface area contributed by atoms with Crippen molar-refractivity contribution in [3.05, 3.63) is 84.9 Å². The van der Waals surface area contributed by atoms with Gasteiger partial charge in [-0.1, -0.05) is 24.3 Å². The fourth-order valence-corrected chi connectivity index (χ4v) is 2.92. The second-order valence-corrected chi connectivity index (χ2v) is 6.70. The molecule has 6 heteroatoms. The number of aromatic hydroxyl groups is 2. The van der Waals surface area contributed by atoms with Crippen molar-refractivity contribution in [2.24, 2.45) is 0 Å². The van der Waals surface area contributed by atoms with Gasteiger partial charge in [-0.15, -0.1) is 0 Å². The van der Waals surface area contributed by atoms with Gasteiger partial charge >= 0.3 is 0 Å². The zero-order valence-corrected chi connectivity index (χ0v) is 15.9. The smallest absolute Gasteiger partial charge is 0.138 e. The Bertz CT molecular complexity index is 1190. The number of phenolic OH excluding ortho intramolecular Hbond substituents is 2. The Morgan fingerprint density at radius 2 is 1.00 bits per heavy atom. The molecule has 0 aromatic heterocycles. The van der Waals surface area contributed by atoms with Crippen LogP contribution in [0.1, 0.15) is 0 Å². The lowest BCUT2D eigenvalue weighted by Gasteiger charge is -2.10. The molecule has 0 aliphatic rings. The summed E-state index contributed by atoms with van der Waals surface area (Å²) in [5.74, 6) is 2.43. The molecule has 6 N–H and O–H groups in total. The van der Waals surface area contributed by atoms with Gasteiger partial charge in [0.25, 0.3) is 0 Å². The number of nitrogens with two attached hydrogens (primary N) is 2. The summed E-state index contributed by atoms with van der Waals surface area (Å²) in [6.45, 7) is 0. The molecule has 150 valence electrons. The van der Waals surface area contributed by atoms with Crippen LogP contribution < -0.4 is 20.9 Å². The molecule has 0 radical (unpaired) electrons. The van der Waals surface area contributed by atoms with E-state index in [9.17, 15) is 10.2 Å². The predicted octanol–water partition coefficient (Wildman–Crippen LogP) is 5.51. The lowest BCUT2D eigenvalue weighted by Crippen LogP contribution is -1.90. The first kappa shape index (κ1) is 19.0. The van der Waals surface area contributed by atoms with Gasteiger partial charge in [0, 0.05) is 12.1 Å². The highest BCUT2D eigenvalue weighted by atomic mass is 16.5. The third-order valence-corrected chi connectivity index (χ3v) is 4.49. The Kier molecular flexibility index (Phi) is 5.05. The minimum absolute atomic E-state index is 0.0217. The van der Waals surface area contributed by atoms with E-state index >= 15 is 0 Å². The van der Waals surface area contributed by atoms with Crippen LogP contribution in [0.15, 0.2) is 84.9 Å².